The van der Waals surface area contributed by atoms with Gasteiger partial charge in [0.1, 0.15) is 5.69 Å². The van der Waals surface area contributed by atoms with Crippen LogP contribution in [0.2, 0.25) is 0 Å². The molecule has 1 aromatic heterocycles. The Morgan fingerprint density at radius 3 is 2.65 bits per heavy atom. The summed E-state index contributed by atoms with van der Waals surface area (Å²) in [5.74, 6) is 0.730. The molecule has 4 rings (SSSR count). The van der Waals surface area contributed by atoms with E-state index in [2.05, 4.69) is 65.6 Å². The molecule has 2 aliphatic rings. The summed E-state index contributed by atoms with van der Waals surface area (Å²) in [5, 5.41) is 12.5. The van der Waals surface area contributed by atoms with Crippen LogP contribution in [0.3, 0.4) is 0 Å². The molecular formula is C24H32N6O. The van der Waals surface area contributed by atoms with E-state index in [1.165, 1.54) is 11.1 Å². The summed E-state index contributed by atoms with van der Waals surface area (Å²) in [6.07, 6.45) is 5.42. The van der Waals surface area contributed by atoms with Gasteiger partial charge in [0, 0.05) is 26.1 Å². The third-order valence-corrected chi connectivity index (χ3v) is 6.17. The largest absolute Gasteiger partial charge is 0.350 e. The van der Waals surface area contributed by atoms with Crippen LogP contribution in [0.15, 0.2) is 40.7 Å². The van der Waals surface area contributed by atoms with E-state index in [-0.39, 0.29) is 23.4 Å². The lowest BCUT2D eigenvalue weighted by Crippen LogP contribution is -2.44. The smallest absolute Gasteiger partial charge is 0.223 e. The van der Waals surface area contributed by atoms with Crippen LogP contribution < -0.4 is 5.32 Å². The van der Waals surface area contributed by atoms with Crippen molar-refractivity contribution >= 4 is 17.5 Å². The van der Waals surface area contributed by atoms with Gasteiger partial charge >= 0.3 is 0 Å². The molecule has 2 unspecified atom stereocenters. The standard InChI is InChI=1S/C24H32N6O/c1-16(31)30-13-5-6-19(15-30)26-23-25-14-22-21(27-23)12-11-20(28-29-22)17-7-9-18(10-8-17)24(2,3)4/h7-10,14,19-20H,5-6,11-13,15H2,1-4H3,(H,25,26,27). The van der Waals surface area contributed by atoms with Gasteiger partial charge in [0.25, 0.3) is 0 Å². The Morgan fingerprint density at radius 1 is 1.16 bits per heavy atom. The summed E-state index contributed by atoms with van der Waals surface area (Å²) < 4.78 is 0. The van der Waals surface area contributed by atoms with Gasteiger partial charge in [0.05, 0.1) is 17.9 Å². The zero-order valence-corrected chi connectivity index (χ0v) is 18.9. The van der Waals surface area contributed by atoms with E-state index in [0.717, 1.165) is 43.6 Å². The van der Waals surface area contributed by atoms with Crippen LogP contribution in [0.4, 0.5) is 11.6 Å². The van der Waals surface area contributed by atoms with Gasteiger partial charge in [-0.2, -0.15) is 10.2 Å². The van der Waals surface area contributed by atoms with Gasteiger partial charge in [-0.15, -0.1) is 0 Å². The number of aromatic nitrogens is 2. The van der Waals surface area contributed by atoms with Gasteiger partial charge in [-0.1, -0.05) is 45.0 Å². The molecule has 1 aromatic carbocycles. The second kappa shape index (κ2) is 8.73. The van der Waals surface area contributed by atoms with Crippen molar-refractivity contribution in [1.82, 2.24) is 14.9 Å². The average molecular weight is 421 g/mol. The zero-order chi connectivity index (χ0) is 22.0. The van der Waals surface area contributed by atoms with Crippen molar-refractivity contribution in [2.45, 2.75) is 70.9 Å². The summed E-state index contributed by atoms with van der Waals surface area (Å²) in [6, 6.07) is 8.93. The second-order valence-corrected chi connectivity index (χ2v) is 9.62. The van der Waals surface area contributed by atoms with Crippen LogP contribution in [0.25, 0.3) is 0 Å². The maximum absolute atomic E-state index is 11.7. The van der Waals surface area contributed by atoms with Gasteiger partial charge in [0.2, 0.25) is 11.9 Å². The number of hydrogen-bond acceptors (Lipinski definition) is 6. The molecule has 2 atom stereocenters. The molecule has 1 fully saturated rings. The van der Waals surface area contributed by atoms with Crippen molar-refractivity contribution in [1.29, 1.82) is 0 Å². The minimum Gasteiger partial charge on any atom is -0.350 e. The molecule has 1 saturated heterocycles. The molecule has 1 N–H and O–H groups in total. The first kappa shape index (κ1) is 21.4. The van der Waals surface area contributed by atoms with Crippen LogP contribution in [-0.2, 0) is 16.6 Å². The second-order valence-electron chi connectivity index (χ2n) is 9.62. The number of piperidine rings is 1. The molecule has 7 heteroatoms. The highest BCUT2D eigenvalue weighted by molar-refractivity contribution is 5.73. The fourth-order valence-electron chi connectivity index (χ4n) is 4.21. The number of amides is 1. The number of anilines is 1. The van der Waals surface area contributed by atoms with Crippen molar-refractivity contribution in [3.63, 3.8) is 0 Å². The van der Waals surface area contributed by atoms with Crippen LogP contribution in [0, 0.1) is 0 Å². The number of rotatable bonds is 3. The fourth-order valence-corrected chi connectivity index (χ4v) is 4.21. The maximum atomic E-state index is 11.7. The van der Waals surface area contributed by atoms with Crippen molar-refractivity contribution in [3.8, 4) is 0 Å². The van der Waals surface area contributed by atoms with E-state index < -0.39 is 0 Å². The molecule has 0 radical (unpaired) electrons. The van der Waals surface area contributed by atoms with E-state index in [4.69, 9.17) is 4.98 Å². The van der Waals surface area contributed by atoms with Gasteiger partial charge in [-0.05, 0) is 42.2 Å². The number of azo groups is 1. The van der Waals surface area contributed by atoms with E-state index in [0.29, 0.717) is 12.5 Å². The van der Waals surface area contributed by atoms with Crippen molar-refractivity contribution in [3.05, 3.63) is 47.3 Å². The van der Waals surface area contributed by atoms with E-state index >= 15 is 0 Å². The van der Waals surface area contributed by atoms with Gasteiger partial charge < -0.3 is 10.2 Å². The Morgan fingerprint density at radius 2 is 1.94 bits per heavy atom. The Kier molecular flexibility index (Phi) is 6.03. The van der Waals surface area contributed by atoms with E-state index in [9.17, 15) is 4.79 Å². The highest BCUT2D eigenvalue weighted by Gasteiger charge is 2.23. The number of likely N-dealkylation sites (tertiary alicyclic amines) is 1. The SMILES string of the molecule is CC(=O)N1CCCC(Nc2ncc3c(n2)CCC(c2ccc(C(C)(C)C)cc2)N=N3)C1. The molecule has 2 aliphatic heterocycles. The number of aryl methyl sites for hydroxylation is 1. The number of nitrogens with one attached hydrogen (secondary N) is 1. The normalized spacial score (nSPS) is 21.4. The number of nitrogens with zero attached hydrogens (tertiary/aromatic N) is 5. The third kappa shape index (κ3) is 5.09. The summed E-state index contributed by atoms with van der Waals surface area (Å²) in [5.41, 5.74) is 4.31. The zero-order valence-electron chi connectivity index (χ0n) is 18.9. The molecule has 7 nitrogen and oxygen atoms in total. The minimum atomic E-state index is 0.0297. The summed E-state index contributed by atoms with van der Waals surface area (Å²) in [7, 11) is 0. The van der Waals surface area contributed by atoms with Crippen molar-refractivity contribution < 1.29 is 4.79 Å². The van der Waals surface area contributed by atoms with Crippen molar-refractivity contribution in [2.24, 2.45) is 10.2 Å². The predicted molar refractivity (Wildman–Crippen MR) is 122 cm³/mol. The summed E-state index contributed by atoms with van der Waals surface area (Å²) in [6.45, 7) is 9.82. The van der Waals surface area contributed by atoms with Gasteiger partial charge in [-0.25, -0.2) is 9.97 Å². The van der Waals surface area contributed by atoms with E-state index in [1.807, 2.05) is 4.90 Å². The topological polar surface area (TPSA) is 82.8 Å². The fraction of sp³-hybridized carbons (Fsp3) is 0.542. The Bertz CT molecular complexity index is 963. The summed E-state index contributed by atoms with van der Waals surface area (Å²) >= 11 is 0. The monoisotopic (exact) mass is 420 g/mol. The first-order valence-corrected chi connectivity index (χ1v) is 11.2. The predicted octanol–water partition coefficient (Wildman–Crippen LogP) is 4.97. The number of carbonyl (C=O) groups excluding carboxylic acids is 1. The molecule has 2 aromatic rings. The van der Waals surface area contributed by atoms with Crippen LogP contribution in [0.1, 0.15) is 69.8 Å². The van der Waals surface area contributed by atoms with Crippen LogP contribution in [-0.4, -0.2) is 39.9 Å². The summed E-state index contributed by atoms with van der Waals surface area (Å²) in [4.78, 5) is 22.8. The van der Waals surface area contributed by atoms with Crippen molar-refractivity contribution in [2.75, 3.05) is 18.4 Å². The highest BCUT2D eigenvalue weighted by Crippen LogP contribution is 2.33. The van der Waals surface area contributed by atoms with Crippen LogP contribution >= 0.6 is 0 Å². The number of carbonyl (C=O) groups is 1. The molecular weight excluding hydrogens is 388 g/mol. The third-order valence-electron chi connectivity index (χ3n) is 6.17. The maximum Gasteiger partial charge on any atom is 0.223 e. The quantitative estimate of drug-likeness (QED) is 0.760. The molecule has 0 bridgehead atoms. The molecule has 0 spiro atoms. The first-order chi connectivity index (χ1) is 14.8. The lowest BCUT2D eigenvalue weighted by molar-refractivity contribution is -0.129. The minimum absolute atomic E-state index is 0.0297. The lowest BCUT2D eigenvalue weighted by atomic mass is 9.86. The highest BCUT2D eigenvalue weighted by atomic mass is 16.2. The Labute approximate surface area is 184 Å². The number of hydrogen-bond donors (Lipinski definition) is 1. The molecule has 0 aliphatic carbocycles. The molecule has 1 amide bonds. The Hall–Kier alpha value is -2.83. The number of fused-ring (bicyclic) bond motifs is 1. The van der Waals surface area contributed by atoms with Crippen LogP contribution in [0.5, 0.6) is 0 Å². The van der Waals surface area contributed by atoms with Gasteiger partial charge in [-0.3, -0.25) is 4.79 Å². The van der Waals surface area contributed by atoms with Gasteiger partial charge in [0.15, 0.2) is 0 Å². The molecule has 3 heterocycles. The first-order valence-electron chi connectivity index (χ1n) is 11.2. The Balaban J connectivity index is 1.43. The average Bonchev–Trinajstić information content (AvgIpc) is 2.96. The molecule has 31 heavy (non-hydrogen) atoms. The number of benzene rings is 1. The molecule has 0 saturated carbocycles. The lowest BCUT2D eigenvalue weighted by Gasteiger charge is -2.32. The van der Waals surface area contributed by atoms with E-state index in [1.54, 1.807) is 13.1 Å². The molecule has 164 valence electrons.